The van der Waals surface area contributed by atoms with Gasteiger partial charge in [-0.1, -0.05) is 0 Å². The molecule has 2 saturated heterocycles. The Labute approximate surface area is 89.6 Å². The van der Waals surface area contributed by atoms with Crippen molar-refractivity contribution in [2.75, 3.05) is 7.11 Å². The molecule has 3 unspecified atom stereocenters. The monoisotopic (exact) mass is 211 g/mol. The van der Waals surface area contributed by atoms with Gasteiger partial charge in [-0.15, -0.1) is 0 Å². The summed E-state index contributed by atoms with van der Waals surface area (Å²) in [4.78, 5) is 10.8. The zero-order valence-electron chi connectivity index (χ0n) is 8.94. The Morgan fingerprint density at radius 1 is 1.40 bits per heavy atom. The van der Waals surface area contributed by atoms with Crippen LogP contribution < -0.4 is 5.32 Å². The van der Waals surface area contributed by atoms with Crippen molar-refractivity contribution in [1.29, 1.82) is 0 Å². The zero-order valence-corrected chi connectivity index (χ0v) is 8.94. The van der Waals surface area contributed by atoms with Gasteiger partial charge in [-0.05, 0) is 25.7 Å². The van der Waals surface area contributed by atoms with Gasteiger partial charge in [0.15, 0.2) is 0 Å². The lowest BCUT2D eigenvalue weighted by molar-refractivity contribution is -0.134. The van der Waals surface area contributed by atoms with Crippen LogP contribution in [0.4, 0.5) is 0 Å². The van der Waals surface area contributed by atoms with Crippen LogP contribution >= 0.6 is 0 Å². The van der Waals surface area contributed by atoms with Gasteiger partial charge in [0.25, 0.3) is 0 Å². The Morgan fingerprint density at radius 3 is 3.00 bits per heavy atom. The number of nitrogens with one attached hydrogen (secondary N) is 1. The van der Waals surface area contributed by atoms with E-state index in [4.69, 9.17) is 4.74 Å². The molecule has 3 atom stereocenters. The molecule has 0 spiro atoms. The van der Waals surface area contributed by atoms with Crippen LogP contribution in [0.5, 0.6) is 0 Å². The highest BCUT2D eigenvalue weighted by molar-refractivity contribution is 5.81. The molecule has 1 N–H and O–H groups in total. The summed E-state index contributed by atoms with van der Waals surface area (Å²) in [6.45, 7) is 0. The zero-order chi connectivity index (χ0) is 10.7. The van der Waals surface area contributed by atoms with Gasteiger partial charge in [-0.3, -0.25) is 0 Å². The van der Waals surface area contributed by atoms with Gasteiger partial charge in [0.1, 0.15) is 0 Å². The van der Waals surface area contributed by atoms with Gasteiger partial charge in [0.2, 0.25) is 0 Å². The maximum atomic E-state index is 10.8. The number of hydrogen-bond acceptors (Lipinski definition) is 4. The van der Waals surface area contributed by atoms with E-state index in [1.165, 1.54) is 19.6 Å². The van der Waals surface area contributed by atoms with E-state index >= 15 is 0 Å². The topological polar surface area (TPSA) is 47.6 Å². The summed E-state index contributed by atoms with van der Waals surface area (Å²) in [5.41, 5.74) is 0. The van der Waals surface area contributed by atoms with Crippen LogP contribution in [0.15, 0.2) is 12.3 Å². The minimum absolute atomic E-state index is 0.325. The van der Waals surface area contributed by atoms with Crippen LogP contribution in [0.1, 0.15) is 25.7 Å². The normalized spacial score (nSPS) is 34.3. The molecular weight excluding hydrogens is 194 g/mol. The third-order valence-corrected chi connectivity index (χ3v) is 3.12. The van der Waals surface area contributed by atoms with Gasteiger partial charge in [0, 0.05) is 12.3 Å². The number of methoxy groups -OCH3 is 1. The Hall–Kier alpha value is -1.03. The Bertz CT molecular complexity index is 265. The predicted molar refractivity (Wildman–Crippen MR) is 55.2 cm³/mol. The van der Waals surface area contributed by atoms with Crippen molar-refractivity contribution in [1.82, 2.24) is 5.32 Å². The predicted octanol–water partition coefficient (Wildman–Crippen LogP) is 0.973. The second kappa shape index (κ2) is 4.66. The molecule has 2 heterocycles. The Morgan fingerprint density at radius 2 is 2.20 bits per heavy atom. The lowest BCUT2D eigenvalue weighted by Gasteiger charge is -2.29. The lowest BCUT2D eigenvalue weighted by Crippen LogP contribution is -2.40. The van der Waals surface area contributed by atoms with Crippen LogP contribution in [-0.4, -0.2) is 31.3 Å². The van der Waals surface area contributed by atoms with E-state index < -0.39 is 0 Å². The van der Waals surface area contributed by atoms with Crippen LogP contribution in [0.2, 0.25) is 0 Å². The van der Waals surface area contributed by atoms with E-state index in [-0.39, 0.29) is 5.97 Å². The fourth-order valence-electron chi connectivity index (χ4n) is 2.29. The SMILES string of the molecule is COC(=O)/C=C/NC1CCC2CCC1O2. The van der Waals surface area contributed by atoms with Gasteiger partial charge < -0.3 is 14.8 Å². The maximum absolute atomic E-state index is 10.8. The van der Waals surface area contributed by atoms with Gasteiger partial charge in [-0.25, -0.2) is 4.79 Å². The van der Waals surface area contributed by atoms with E-state index in [0.29, 0.717) is 18.2 Å². The highest BCUT2D eigenvalue weighted by atomic mass is 16.5. The third-order valence-electron chi connectivity index (χ3n) is 3.12. The first-order valence-corrected chi connectivity index (χ1v) is 5.45. The largest absolute Gasteiger partial charge is 0.466 e. The molecule has 2 aliphatic rings. The number of ether oxygens (including phenoxy) is 2. The van der Waals surface area contributed by atoms with E-state index in [1.54, 1.807) is 6.20 Å². The van der Waals surface area contributed by atoms with E-state index in [9.17, 15) is 4.79 Å². The molecule has 4 nitrogen and oxygen atoms in total. The third kappa shape index (κ3) is 2.50. The van der Waals surface area contributed by atoms with Crippen molar-refractivity contribution in [2.24, 2.45) is 0 Å². The highest BCUT2D eigenvalue weighted by Crippen LogP contribution is 2.32. The molecule has 4 heteroatoms. The van der Waals surface area contributed by atoms with Crippen molar-refractivity contribution < 1.29 is 14.3 Å². The molecule has 2 rings (SSSR count). The van der Waals surface area contributed by atoms with Crippen LogP contribution in [-0.2, 0) is 14.3 Å². The molecule has 2 bridgehead atoms. The highest BCUT2D eigenvalue weighted by Gasteiger charge is 2.35. The van der Waals surface area contributed by atoms with Crippen molar-refractivity contribution in [3.8, 4) is 0 Å². The van der Waals surface area contributed by atoms with E-state index in [1.807, 2.05) is 0 Å². The van der Waals surface area contributed by atoms with E-state index in [2.05, 4.69) is 10.1 Å². The van der Waals surface area contributed by atoms with Crippen molar-refractivity contribution >= 4 is 5.97 Å². The summed E-state index contributed by atoms with van der Waals surface area (Å²) in [6, 6.07) is 0.352. The van der Waals surface area contributed by atoms with Crippen molar-refractivity contribution in [3.05, 3.63) is 12.3 Å². The first kappa shape index (κ1) is 10.5. The second-order valence-corrected chi connectivity index (χ2v) is 4.08. The summed E-state index contributed by atoms with van der Waals surface area (Å²) in [5.74, 6) is -0.330. The molecule has 0 aliphatic carbocycles. The summed E-state index contributed by atoms with van der Waals surface area (Å²) in [6.07, 6.45) is 8.45. The number of rotatable bonds is 3. The first-order chi connectivity index (χ1) is 7.29. The molecule has 0 saturated carbocycles. The lowest BCUT2D eigenvalue weighted by atomic mass is 10.0. The number of carbonyl (C=O) groups is 1. The van der Waals surface area contributed by atoms with Gasteiger partial charge >= 0.3 is 5.97 Å². The number of hydrogen-bond donors (Lipinski definition) is 1. The summed E-state index contributed by atoms with van der Waals surface area (Å²) in [7, 11) is 1.37. The Balaban J connectivity index is 1.79. The summed E-state index contributed by atoms with van der Waals surface area (Å²) in [5, 5.41) is 3.21. The number of carbonyl (C=O) groups excluding carboxylic acids is 1. The molecule has 0 amide bonds. The Kier molecular flexibility index (Phi) is 3.26. The average Bonchev–Trinajstić information content (AvgIpc) is 2.64. The van der Waals surface area contributed by atoms with Crippen molar-refractivity contribution in [2.45, 2.75) is 43.9 Å². The molecule has 15 heavy (non-hydrogen) atoms. The van der Waals surface area contributed by atoms with Crippen LogP contribution in [0.3, 0.4) is 0 Å². The fraction of sp³-hybridized carbons (Fsp3) is 0.727. The molecule has 84 valence electrons. The average molecular weight is 211 g/mol. The molecule has 0 aromatic heterocycles. The molecule has 2 aliphatic heterocycles. The first-order valence-electron chi connectivity index (χ1n) is 5.45. The minimum Gasteiger partial charge on any atom is -0.466 e. The standard InChI is InChI=1S/C11H17NO3/c1-14-11(13)6-7-12-9-4-2-8-3-5-10(9)15-8/h6-10,12H,2-5H2,1H3/b7-6+. The minimum atomic E-state index is -0.330. The molecule has 0 radical (unpaired) electrons. The smallest absolute Gasteiger partial charge is 0.331 e. The van der Waals surface area contributed by atoms with Gasteiger partial charge in [0.05, 0.1) is 25.4 Å². The van der Waals surface area contributed by atoms with Crippen LogP contribution in [0, 0.1) is 0 Å². The number of fused-ring (bicyclic) bond motifs is 2. The van der Waals surface area contributed by atoms with E-state index in [0.717, 1.165) is 19.3 Å². The van der Waals surface area contributed by atoms with Gasteiger partial charge in [-0.2, -0.15) is 0 Å². The molecule has 0 aromatic rings. The van der Waals surface area contributed by atoms with Crippen LogP contribution in [0.25, 0.3) is 0 Å². The second-order valence-electron chi connectivity index (χ2n) is 4.08. The summed E-state index contributed by atoms with van der Waals surface area (Å²) < 4.78 is 10.3. The molecular formula is C11H17NO3. The maximum Gasteiger partial charge on any atom is 0.331 e. The number of esters is 1. The molecule has 2 fully saturated rings. The molecule has 0 aromatic carbocycles. The van der Waals surface area contributed by atoms with Crippen molar-refractivity contribution in [3.63, 3.8) is 0 Å². The summed E-state index contributed by atoms with van der Waals surface area (Å²) >= 11 is 0. The quantitative estimate of drug-likeness (QED) is 0.558. The fourth-order valence-corrected chi connectivity index (χ4v) is 2.29.